The number of hydrogen-bond donors (Lipinski definition) is 1. The SMILES string of the molecule is CCC(CN)CC(=O)N(CCN(C)C)C1CCN(C)CC1. The molecule has 0 aromatic rings. The highest BCUT2D eigenvalue weighted by Gasteiger charge is 2.27. The highest BCUT2D eigenvalue weighted by molar-refractivity contribution is 5.76. The van der Waals surface area contributed by atoms with Gasteiger partial charge < -0.3 is 20.4 Å². The van der Waals surface area contributed by atoms with Crippen molar-refractivity contribution in [1.82, 2.24) is 14.7 Å². The predicted octanol–water partition coefficient (Wildman–Crippen LogP) is 0.846. The average molecular weight is 298 g/mol. The smallest absolute Gasteiger partial charge is 0.223 e. The number of rotatable bonds is 8. The first-order valence-corrected chi connectivity index (χ1v) is 8.30. The molecule has 1 fully saturated rings. The highest BCUT2D eigenvalue weighted by Crippen LogP contribution is 2.18. The van der Waals surface area contributed by atoms with Crippen LogP contribution in [0.4, 0.5) is 0 Å². The molecule has 1 atom stereocenters. The van der Waals surface area contributed by atoms with Crippen LogP contribution in [-0.2, 0) is 4.79 Å². The lowest BCUT2D eigenvalue weighted by Crippen LogP contribution is -2.49. The summed E-state index contributed by atoms with van der Waals surface area (Å²) in [5.74, 6) is 0.620. The van der Waals surface area contributed by atoms with Crippen LogP contribution in [0.3, 0.4) is 0 Å². The molecule has 1 unspecified atom stereocenters. The Balaban J connectivity index is 2.64. The largest absolute Gasteiger partial charge is 0.338 e. The van der Waals surface area contributed by atoms with Crippen molar-refractivity contribution in [2.24, 2.45) is 11.7 Å². The number of likely N-dealkylation sites (tertiary alicyclic amines) is 1. The van der Waals surface area contributed by atoms with Crippen LogP contribution in [0.5, 0.6) is 0 Å². The summed E-state index contributed by atoms with van der Waals surface area (Å²) in [6.45, 7) is 6.66. The number of hydrogen-bond acceptors (Lipinski definition) is 4. The molecule has 1 saturated heterocycles. The fourth-order valence-corrected chi connectivity index (χ4v) is 2.88. The molecule has 0 bridgehead atoms. The fourth-order valence-electron chi connectivity index (χ4n) is 2.88. The Bertz CT molecular complexity index is 297. The highest BCUT2D eigenvalue weighted by atomic mass is 16.2. The minimum absolute atomic E-state index is 0.295. The van der Waals surface area contributed by atoms with Crippen LogP contribution in [0, 0.1) is 5.92 Å². The molecule has 1 heterocycles. The minimum Gasteiger partial charge on any atom is -0.338 e. The number of carbonyl (C=O) groups excluding carboxylic acids is 1. The molecule has 2 N–H and O–H groups in total. The van der Waals surface area contributed by atoms with E-state index in [-0.39, 0.29) is 0 Å². The summed E-state index contributed by atoms with van der Waals surface area (Å²) >= 11 is 0. The van der Waals surface area contributed by atoms with Crippen LogP contribution >= 0.6 is 0 Å². The topological polar surface area (TPSA) is 52.8 Å². The minimum atomic E-state index is 0.295. The first kappa shape index (κ1) is 18.4. The molecular weight excluding hydrogens is 264 g/mol. The molecular formula is C16H34N4O. The molecule has 0 spiro atoms. The third-order valence-electron chi connectivity index (χ3n) is 4.61. The van der Waals surface area contributed by atoms with Crippen LogP contribution in [0.2, 0.25) is 0 Å². The molecule has 1 rings (SSSR count). The quantitative estimate of drug-likeness (QED) is 0.722. The number of nitrogens with zero attached hydrogens (tertiary/aromatic N) is 3. The third-order valence-corrected chi connectivity index (χ3v) is 4.61. The van der Waals surface area contributed by atoms with Gasteiger partial charge in [0.15, 0.2) is 0 Å². The van der Waals surface area contributed by atoms with E-state index in [2.05, 4.69) is 42.8 Å². The average Bonchev–Trinajstić information content (AvgIpc) is 2.46. The Labute approximate surface area is 130 Å². The van der Waals surface area contributed by atoms with Gasteiger partial charge in [-0.1, -0.05) is 13.3 Å². The number of likely N-dealkylation sites (N-methyl/N-ethyl adjacent to an activating group) is 1. The number of piperidine rings is 1. The van der Waals surface area contributed by atoms with Gasteiger partial charge in [0.25, 0.3) is 0 Å². The van der Waals surface area contributed by atoms with Crippen molar-refractivity contribution in [3.8, 4) is 0 Å². The molecule has 0 aliphatic carbocycles. The summed E-state index contributed by atoms with van der Waals surface area (Å²) in [6, 6.07) is 0.406. The van der Waals surface area contributed by atoms with Crippen LogP contribution in [0.15, 0.2) is 0 Å². The first-order chi connectivity index (χ1) is 9.97. The van der Waals surface area contributed by atoms with Crippen molar-refractivity contribution >= 4 is 5.91 Å². The van der Waals surface area contributed by atoms with Gasteiger partial charge in [-0.05, 0) is 59.5 Å². The van der Waals surface area contributed by atoms with Gasteiger partial charge in [-0.25, -0.2) is 0 Å². The molecule has 5 heteroatoms. The summed E-state index contributed by atoms with van der Waals surface area (Å²) in [7, 11) is 6.28. The van der Waals surface area contributed by atoms with E-state index in [0.717, 1.165) is 45.4 Å². The molecule has 0 aromatic carbocycles. The van der Waals surface area contributed by atoms with E-state index < -0.39 is 0 Å². The maximum atomic E-state index is 12.7. The molecule has 0 aromatic heterocycles. The maximum absolute atomic E-state index is 12.7. The molecule has 21 heavy (non-hydrogen) atoms. The Morgan fingerprint density at radius 3 is 2.38 bits per heavy atom. The van der Waals surface area contributed by atoms with Crippen molar-refractivity contribution in [2.75, 3.05) is 53.9 Å². The summed E-state index contributed by atoms with van der Waals surface area (Å²) in [4.78, 5) is 19.3. The zero-order valence-electron chi connectivity index (χ0n) is 14.3. The Morgan fingerprint density at radius 1 is 1.29 bits per heavy atom. The molecule has 124 valence electrons. The van der Waals surface area contributed by atoms with Crippen molar-refractivity contribution < 1.29 is 4.79 Å². The van der Waals surface area contributed by atoms with Crippen LogP contribution < -0.4 is 5.73 Å². The van der Waals surface area contributed by atoms with Gasteiger partial charge in [-0.15, -0.1) is 0 Å². The Morgan fingerprint density at radius 2 is 1.90 bits per heavy atom. The number of amides is 1. The zero-order valence-corrected chi connectivity index (χ0v) is 14.3. The summed E-state index contributed by atoms with van der Waals surface area (Å²) in [5, 5.41) is 0. The monoisotopic (exact) mass is 298 g/mol. The Kier molecular flexibility index (Phi) is 8.22. The lowest BCUT2D eigenvalue weighted by molar-refractivity contribution is -0.135. The van der Waals surface area contributed by atoms with Crippen LogP contribution in [-0.4, -0.2) is 80.5 Å². The predicted molar refractivity (Wildman–Crippen MR) is 88.2 cm³/mol. The third kappa shape index (κ3) is 6.32. The van der Waals surface area contributed by atoms with E-state index in [1.807, 2.05) is 0 Å². The number of nitrogens with two attached hydrogens (primary N) is 1. The lowest BCUT2D eigenvalue weighted by Gasteiger charge is -2.38. The van der Waals surface area contributed by atoms with Gasteiger partial charge in [-0.2, -0.15) is 0 Å². The molecule has 1 amide bonds. The van der Waals surface area contributed by atoms with Crippen molar-refractivity contribution in [3.05, 3.63) is 0 Å². The maximum Gasteiger partial charge on any atom is 0.223 e. The summed E-state index contributed by atoms with van der Waals surface area (Å²) < 4.78 is 0. The van der Waals surface area contributed by atoms with E-state index in [0.29, 0.717) is 30.8 Å². The van der Waals surface area contributed by atoms with Crippen molar-refractivity contribution in [3.63, 3.8) is 0 Å². The molecule has 0 saturated carbocycles. The van der Waals surface area contributed by atoms with E-state index in [4.69, 9.17) is 5.73 Å². The normalized spacial score (nSPS) is 19.0. The molecule has 1 aliphatic rings. The van der Waals surface area contributed by atoms with E-state index in [1.54, 1.807) is 0 Å². The fraction of sp³-hybridized carbons (Fsp3) is 0.938. The molecule has 5 nitrogen and oxygen atoms in total. The summed E-state index contributed by atoms with van der Waals surface area (Å²) in [5.41, 5.74) is 5.76. The van der Waals surface area contributed by atoms with Gasteiger partial charge in [0.1, 0.15) is 0 Å². The van der Waals surface area contributed by atoms with Gasteiger partial charge in [0, 0.05) is 25.6 Å². The standard InChI is InChI=1S/C16H34N4O/c1-5-14(13-17)12-16(21)20(11-10-18(2)3)15-6-8-19(4)9-7-15/h14-15H,5-13,17H2,1-4H3. The molecule has 1 aliphatic heterocycles. The second-order valence-corrected chi connectivity index (χ2v) is 6.64. The van der Waals surface area contributed by atoms with Gasteiger partial charge in [0.2, 0.25) is 5.91 Å². The zero-order chi connectivity index (χ0) is 15.8. The van der Waals surface area contributed by atoms with Gasteiger partial charge in [-0.3, -0.25) is 4.79 Å². The second kappa shape index (κ2) is 9.38. The first-order valence-electron chi connectivity index (χ1n) is 8.30. The van der Waals surface area contributed by atoms with Crippen molar-refractivity contribution in [1.29, 1.82) is 0 Å². The number of carbonyl (C=O) groups is 1. The van der Waals surface area contributed by atoms with Crippen LogP contribution in [0.1, 0.15) is 32.6 Å². The van der Waals surface area contributed by atoms with Crippen LogP contribution in [0.25, 0.3) is 0 Å². The van der Waals surface area contributed by atoms with Gasteiger partial charge in [0.05, 0.1) is 0 Å². The molecule has 0 radical (unpaired) electrons. The van der Waals surface area contributed by atoms with E-state index in [1.165, 1.54) is 0 Å². The Hall–Kier alpha value is -0.650. The second-order valence-electron chi connectivity index (χ2n) is 6.64. The van der Waals surface area contributed by atoms with E-state index >= 15 is 0 Å². The summed E-state index contributed by atoms with van der Waals surface area (Å²) in [6.07, 6.45) is 3.77. The van der Waals surface area contributed by atoms with Crippen molar-refractivity contribution in [2.45, 2.75) is 38.6 Å². The van der Waals surface area contributed by atoms with Gasteiger partial charge >= 0.3 is 0 Å². The lowest BCUT2D eigenvalue weighted by atomic mass is 9.99. The van der Waals surface area contributed by atoms with E-state index in [9.17, 15) is 4.79 Å².